The minimum Gasteiger partial charge on any atom is -0.427 e. The highest BCUT2D eigenvalue weighted by Crippen LogP contribution is 2.33. The maximum Gasteiger partial charge on any atom is 0.339 e. The Balaban J connectivity index is 1.85. The second-order valence-electron chi connectivity index (χ2n) is 5.99. The Morgan fingerprint density at radius 3 is 2.40 bits per heavy atom. The molecule has 7 heteroatoms. The number of esters is 2. The minimum atomic E-state index is -1.17. The lowest BCUT2D eigenvalue weighted by molar-refractivity contribution is -0.178. The molecule has 2 unspecified atom stereocenters. The van der Waals surface area contributed by atoms with Crippen LogP contribution in [0, 0.1) is 5.41 Å². The lowest BCUT2D eigenvalue weighted by Gasteiger charge is -2.36. The predicted octanol–water partition coefficient (Wildman–Crippen LogP) is 0.0187. The number of hydrogen-bond acceptors (Lipinski definition) is 6. The van der Waals surface area contributed by atoms with Crippen LogP contribution in [0.1, 0.15) is 33.6 Å². The Morgan fingerprint density at radius 2 is 1.85 bits per heavy atom. The quantitative estimate of drug-likeness (QED) is 0.314. The molecule has 0 N–H and O–H groups in total. The molecule has 0 radical (unpaired) electrons. The molecule has 110 valence electrons. The number of rotatable bonds is 3. The van der Waals surface area contributed by atoms with E-state index in [2.05, 4.69) is 0 Å². The van der Waals surface area contributed by atoms with Gasteiger partial charge in [0.15, 0.2) is 11.8 Å². The molecule has 2 heterocycles. The van der Waals surface area contributed by atoms with Crippen LogP contribution in [-0.4, -0.2) is 47.4 Å². The second-order valence-corrected chi connectivity index (χ2v) is 5.99. The van der Waals surface area contributed by atoms with Crippen LogP contribution in [0.15, 0.2) is 0 Å². The van der Waals surface area contributed by atoms with Gasteiger partial charge in [0.1, 0.15) is 0 Å². The van der Waals surface area contributed by atoms with Gasteiger partial charge in [-0.05, 0) is 20.8 Å². The first-order valence-corrected chi connectivity index (χ1v) is 6.39. The number of nitrogens with zero attached hydrogens (tertiary/aromatic N) is 1. The summed E-state index contributed by atoms with van der Waals surface area (Å²) in [5.74, 6) is -1.91. The van der Waals surface area contributed by atoms with Gasteiger partial charge in [-0.2, -0.15) is 0 Å². The molecule has 0 saturated carbocycles. The Hall–Kier alpha value is -1.92. The van der Waals surface area contributed by atoms with Crippen molar-refractivity contribution in [3.8, 4) is 0 Å². The molecule has 1 amide bonds. The smallest absolute Gasteiger partial charge is 0.339 e. The number of ether oxygens (including phenoxy) is 2. The Bertz CT molecular complexity index is 478. The van der Waals surface area contributed by atoms with Crippen molar-refractivity contribution in [1.29, 1.82) is 0 Å². The third-order valence-electron chi connectivity index (χ3n) is 3.34. The van der Waals surface area contributed by atoms with Crippen molar-refractivity contribution in [3.63, 3.8) is 0 Å². The number of β-lactam (4-membered cyclic amide) rings is 1. The van der Waals surface area contributed by atoms with E-state index >= 15 is 0 Å². The van der Waals surface area contributed by atoms with Crippen LogP contribution < -0.4 is 0 Å². The van der Waals surface area contributed by atoms with Crippen molar-refractivity contribution in [1.82, 2.24) is 4.90 Å². The van der Waals surface area contributed by atoms with Crippen molar-refractivity contribution in [2.45, 2.75) is 45.7 Å². The monoisotopic (exact) mass is 283 g/mol. The number of hydrogen-bond donors (Lipinski definition) is 0. The first-order valence-electron chi connectivity index (χ1n) is 6.39. The van der Waals surface area contributed by atoms with Crippen molar-refractivity contribution in [3.05, 3.63) is 0 Å². The molecule has 0 bridgehead atoms. The van der Waals surface area contributed by atoms with Gasteiger partial charge in [0.2, 0.25) is 12.7 Å². The fraction of sp³-hybridized carbons (Fsp3) is 0.692. The first-order chi connectivity index (χ1) is 9.21. The number of carbonyl (C=O) groups is 4. The summed E-state index contributed by atoms with van der Waals surface area (Å²) in [4.78, 5) is 47.5. The maximum absolute atomic E-state index is 11.8. The van der Waals surface area contributed by atoms with Gasteiger partial charge >= 0.3 is 11.9 Å². The number of ketones is 1. The van der Waals surface area contributed by atoms with Gasteiger partial charge < -0.3 is 14.4 Å². The van der Waals surface area contributed by atoms with Crippen LogP contribution in [0.5, 0.6) is 0 Å². The molecule has 0 aromatic carbocycles. The molecule has 2 atom stereocenters. The van der Waals surface area contributed by atoms with E-state index in [1.807, 2.05) is 0 Å². The molecule has 0 aliphatic carbocycles. The van der Waals surface area contributed by atoms with E-state index in [0.29, 0.717) is 6.42 Å². The third-order valence-corrected chi connectivity index (χ3v) is 3.34. The van der Waals surface area contributed by atoms with Crippen molar-refractivity contribution >= 4 is 23.6 Å². The summed E-state index contributed by atoms with van der Waals surface area (Å²) in [6.07, 6.45) is 0.488. The maximum atomic E-state index is 11.8. The molecule has 2 rings (SSSR count). The Kier molecular flexibility index (Phi) is 3.54. The molecule has 20 heavy (non-hydrogen) atoms. The van der Waals surface area contributed by atoms with E-state index < -0.39 is 30.2 Å². The van der Waals surface area contributed by atoms with Gasteiger partial charge in [-0.3, -0.25) is 14.4 Å². The molecule has 7 nitrogen and oxygen atoms in total. The van der Waals surface area contributed by atoms with Gasteiger partial charge in [0.25, 0.3) is 0 Å². The average molecular weight is 283 g/mol. The highest BCUT2D eigenvalue weighted by molar-refractivity contribution is 6.10. The zero-order valence-corrected chi connectivity index (χ0v) is 11.7. The van der Waals surface area contributed by atoms with Crippen LogP contribution in [0.25, 0.3) is 0 Å². The van der Waals surface area contributed by atoms with Crippen molar-refractivity contribution < 1.29 is 28.7 Å². The fourth-order valence-corrected chi connectivity index (χ4v) is 2.20. The van der Waals surface area contributed by atoms with Crippen LogP contribution >= 0.6 is 0 Å². The van der Waals surface area contributed by atoms with Crippen molar-refractivity contribution in [2.24, 2.45) is 5.41 Å². The summed E-state index contributed by atoms with van der Waals surface area (Å²) >= 11 is 0. The first kappa shape index (κ1) is 14.5. The van der Waals surface area contributed by atoms with Gasteiger partial charge in [-0.1, -0.05) is 0 Å². The van der Waals surface area contributed by atoms with Crippen LogP contribution in [0.4, 0.5) is 0 Å². The van der Waals surface area contributed by atoms with E-state index in [4.69, 9.17) is 9.47 Å². The van der Waals surface area contributed by atoms with Crippen molar-refractivity contribution in [2.75, 3.05) is 6.79 Å². The highest BCUT2D eigenvalue weighted by Gasteiger charge is 2.54. The summed E-state index contributed by atoms with van der Waals surface area (Å²) in [5, 5.41) is 0. The number of Topliss-reactive ketones (excluding diaryl/α,β-unsaturated/α-hetero) is 1. The van der Waals surface area contributed by atoms with Crippen LogP contribution in [-0.2, 0) is 28.7 Å². The minimum absolute atomic E-state index is 0.176. The van der Waals surface area contributed by atoms with Gasteiger partial charge in [0, 0.05) is 18.9 Å². The SMILES string of the molecule is CC(C)(C)C(=O)OCOC(=O)C1C(=O)CC2CC(=O)N21. The largest absolute Gasteiger partial charge is 0.427 e. The number of fused-ring (bicyclic) bond motifs is 1. The predicted molar refractivity (Wildman–Crippen MR) is 65.2 cm³/mol. The van der Waals surface area contributed by atoms with E-state index in [9.17, 15) is 19.2 Å². The molecule has 0 aromatic rings. The fourth-order valence-electron chi connectivity index (χ4n) is 2.20. The molecular formula is C13H17NO6. The lowest BCUT2D eigenvalue weighted by atomic mass is 9.98. The topological polar surface area (TPSA) is 90.0 Å². The molecule has 2 aliphatic heterocycles. The molecule has 0 aromatic heterocycles. The summed E-state index contributed by atoms with van der Waals surface area (Å²) in [6, 6.07) is -1.35. The Labute approximate surface area is 116 Å². The van der Waals surface area contributed by atoms with Crippen LogP contribution in [0.3, 0.4) is 0 Å². The zero-order valence-electron chi connectivity index (χ0n) is 11.7. The van der Waals surface area contributed by atoms with Crippen LogP contribution in [0.2, 0.25) is 0 Å². The Morgan fingerprint density at radius 1 is 1.20 bits per heavy atom. The van der Waals surface area contributed by atoms with Gasteiger partial charge in [-0.25, -0.2) is 4.79 Å². The van der Waals surface area contributed by atoms with E-state index in [-0.39, 0.29) is 24.2 Å². The third kappa shape index (κ3) is 2.52. The molecule has 2 fully saturated rings. The lowest BCUT2D eigenvalue weighted by Crippen LogP contribution is -2.55. The average Bonchev–Trinajstić information content (AvgIpc) is 2.59. The van der Waals surface area contributed by atoms with E-state index in [1.54, 1.807) is 20.8 Å². The van der Waals surface area contributed by atoms with Gasteiger partial charge in [-0.15, -0.1) is 0 Å². The summed E-state index contributed by atoms with van der Waals surface area (Å²) < 4.78 is 9.55. The highest BCUT2D eigenvalue weighted by atomic mass is 16.7. The standard InChI is InChI=1S/C13H17NO6/c1-13(2,3)12(18)20-6-19-11(17)10-8(15)4-7-5-9(16)14(7)10/h7,10H,4-6H2,1-3H3. The summed E-state index contributed by atoms with van der Waals surface area (Å²) in [6.45, 7) is 4.45. The van der Waals surface area contributed by atoms with Gasteiger partial charge in [0.05, 0.1) is 5.41 Å². The number of carbonyl (C=O) groups excluding carboxylic acids is 4. The number of amides is 1. The summed E-state index contributed by atoms with van der Waals surface area (Å²) in [5.41, 5.74) is -0.700. The van der Waals surface area contributed by atoms with E-state index in [0.717, 1.165) is 0 Å². The molecule has 0 spiro atoms. The van der Waals surface area contributed by atoms with E-state index in [1.165, 1.54) is 4.90 Å². The zero-order chi connectivity index (χ0) is 15.1. The normalized spacial score (nSPS) is 25.1. The summed E-state index contributed by atoms with van der Waals surface area (Å²) in [7, 11) is 0. The molecule has 2 aliphatic rings. The molecular weight excluding hydrogens is 266 g/mol. The molecule has 2 saturated heterocycles. The second kappa shape index (κ2) is 4.88.